The van der Waals surface area contributed by atoms with Gasteiger partial charge >= 0.3 is 0 Å². The van der Waals surface area contributed by atoms with Gasteiger partial charge in [0.25, 0.3) is 0 Å². The Bertz CT molecular complexity index is 504. The highest BCUT2D eigenvalue weighted by Gasteiger charge is 2.51. The lowest BCUT2D eigenvalue weighted by atomic mass is 9.56. The average molecular weight is 319 g/mol. The molecule has 4 aliphatic carbocycles. The molecular weight excluding hydrogens is 294 g/mol. The van der Waals surface area contributed by atoms with Crippen LogP contribution in [0.15, 0.2) is 22.8 Å². The number of carbonyl (C=O) groups excluding carboxylic acids is 1. The zero-order valence-corrected chi connectivity index (χ0v) is 14.0. The Balaban J connectivity index is 1.32. The molecule has 120 valence electrons. The first-order chi connectivity index (χ1) is 10.6. The fourth-order valence-corrected chi connectivity index (χ4v) is 6.90. The Morgan fingerprint density at radius 1 is 1.32 bits per heavy atom. The molecule has 0 radical (unpaired) electrons. The van der Waals surface area contributed by atoms with Gasteiger partial charge in [-0.2, -0.15) is 0 Å². The normalized spacial score (nSPS) is 37.2. The SMILES string of the molecule is C[C@H](NC(=O)CSC12CC3CC(CC(C3)C1)C2)c1ccco1. The second kappa shape index (κ2) is 5.63. The van der Waals surface area contributed by atoms with Crippen molar-refractivity contribution in [2.75, 3.05) is 5.75 Å². The lowest BCUT2D eigenvalue weighted by molar-refractivity contribution is -0.119. The molecule has 1 amide bonds. The summed E-state index contributed by atoms with van der Waals surface area (Å²) in [6.45, 7) is 1.98. The molecule has 1 aromatic heterocycles. The van der Waals surface area contributed by atoms with Gasteiger partial charge in [-0.05, 0) is 75.3 Å². The van der Waals surface area contributed by atoms with Gasteiger partial charge in [0, 0.05) is 4.75 Å². The fourth-order valence-electron chi connectivity index (χ4n) is 5.32. The summed E-state index contributed by atoms with van der Waals surface area (Å²) in [5.41, 5.74) is 0. The monoisotopic (exact) mass is 319 g/mol. The molecule has 0 aromatic carbocycles. The summed E-state index contributed by atoms with van der Waals surface area (Å²) < 4.78 is 5.77. The van der Waals surface area contributed by atoms with E-state index in [1.54, 1.807) is 6.26 Å². The van der Waals surface area contributed by atoms with E-state index in [0.29, 0.717) is 10.5 Å². The largest absolute Gasteiger partial charge is 0.467 e. The molecule has 0 saturated heterocycles. The van der Waals surface area contributed by atoms with Crippen LogP contribution in [-0.4, -0.2) is 16.4 Å². The second-order valence-corrected chi connectivity index (χ2v) is 9.14. The number of thioether (sulfide) groups is 1. The number of rotatable bonds is 5. The Labute approximate surface area is 136 Å². The molecule has 0 spiro atoms. The van der Waals surface area contributed by atoms with Crippen LogP contribution in [0.2, 0.25) is 0 Å². The molecular formula is C18H25NO2S. The van der Waals surface area contributed by atoms with Crippen molar-refractivity contribution in [2.45, 2.75) is 56.2 Å². The number of furan rings is 1. The lowest BCUT2D eigenvalue weighted by Crippen LogP contribution is -2.49. The highest BCUT2D eigenvalue weighted by molar-refractivity contribution is 8.01. The zero-order valence-electron chi connectivity index (χ0n) is 13.2. The third-order valence-electron chi connectivity index (χ3n) is 5.84. The minimum atomic E-state index is -0.0422. The van der Waals surface area contributed by atoms with Gasteiger partial charge in [-0.25, -0.2) is 0 Å². The van der Waals surface area contributed by atoms with E-state index in [0.717, 1.165) is 23.5 Å². The summed E-state index contributed by atoms with van der Waals surface area (Å²) >= 11 is 1.94. The average Bonchev–Trinajstić information content (AvgIpc) is 2.98. The van der Waals surface area contributed by atoms with Crippen LogP contribution in [0.4, 0.5) is 0 Å². The predicted molar refractivity (Wildman–Crippen MR) is 88.6 cm³/mol. The number of amides is 1. The number of carbonyl (C=O) groups is 1. The molecule has 1 heterocycles. The molecule has 4 fully saturated rings. The molecule has 1 atom stereocenters. The fraction of sp³-hybridized carbons (Fsp3) is 0.722. The lowest BCUT2D eigenvalue weighted by Gasteiger charge is -2.56. The molecule has 1 N–H and O–H groups in total. The van der Waals surface area contributed by atoms with Crippen LogP contribution in [0.3, 0.4) is 0 Å². The third kappa shape index (κ3) is 2.82. The highest BCUT2D eigenvalue weighted by atomic mass is 32.2. The number of hydrogen-bond donors (Lipinski definition) is 1. The van der Waals surface area contributed by atoms with Gasteiger partial charge in [-0.15, -0.1) is 11.8 Å². The maximum Gasteiger partial charge on any atom is 0.230 e. The van der Waals surface area contributed by atoms with E-state index in [1.165, 1.54) is 38.5 Å². The highest BCUT2D eigenvalue weighted by Crippen LogP contribution is 2.60. The number of hydrogen-bond acceptors (Lipinski definition) is 3. The van der Waals surface area contributed by atoms with Crippen LogP contribution < -0.4 is 5.32 Å². The van der Waals surface area contributed by atoms with Crippen molar-refractivity contribution in [1.82, 2.24) is 5.32 Å². The molecule has 0 aliphatic heterocycles. The summed E-state index contributed by atoms with van der Waals surface area (Å²) in [4.78, 5) is 12.3. The van der Waals surface area contributed by atoms with Crippen molar-refractivity contribution in [1.29, 1.82) is 0 Å². The van der Waals surface area contributed by atoms with Gasteiger partial charge in [0.1, 0.15) is 5.76 Å². The van der Waals surface area contributed by atoms with Crippen LogP contribution in [0.5, 0.6) is 0 Å². The van der Waals surface area contributed by atoms with Crippen LogP contribution in [-0.2, 0) is 4.79 Å². The first-order valence-electron chi connectivity index (χ1n) is 8.59. The Kier molecular flexibility index (Phi) is 3.75. The summed E-state index contributed by atoms with van der Waals surface area (Å²) in [6, 6.07) is 3.73. The van der Waals surface area contributed by atoms with Gasteiger partial charge in [-0.1, -0.05) is 0 Å². The van der Waals surface area contributed by atoms with E-state index < -0.39 is 0 Å². The van der Waals surface area contributed by atoms with E-state index in [-0.39, 0.29) is 11.9 Å². The van der Waals surface area contributed by atoms with Crippen LogP contribution >= 0.6 is 11.8 Å². The molecule has 4 heteroatoms. The van der Waals surface area contributed by atoms with E-state index in [1.807, 2.05) is 30.8 Å². The van der Waals surface area contributed by atoms with Crippen molar-refractivity contribution < 1.29 is 9.21 Å². The zero-order chi connectivity index (χ0) is 15.2. The second-order valence-electron chi connectivity index (χ2n) is 7.69. The first kappa shape index (κ1) is 14.7. The Morgan fingerprint density at radius 2 is 1.95 bits per heavy atom. The first-order valence-corrected chi connectivity index (χ1v) is 9.57. The summed E-state index contributed by atoms with van der Waals surface area (Å²) in [5.74, 6) is 4.41. The van der Waals surface area contributed by atoms with E-state index >= 15 is 0 Å². The van der Waals surface area contributed by atoms with Crippen LogP contribution in [0, 0.1) is 17.8 Å². The predicted octanol–water partition coefficient (Wildman–Crippen LogP) is 4.16. The van der Waals surface area contributed by atoms with Gasteiger partial charge < -0.3 is 9.73 Å². The maximum atomic E-state index is 12.3. The van der Waals surface area contributed by atoms with E-state index in [4.69, 9.17) is 4.42 Å². The summed E-state index contributed by atoms with van der Waals surface area (Å²) in [5, 5.41) is 3.06. The van der Waals surface area contributed by atoms with Crippen molar-refractivity contribution in [3.63, 3.8) is 0 Å². The standard InChI is InChI=1S/C18H25NO2S/c1-12(16-3-2-4-21-16)19-17(20)11-22-18-8-13-5-14(9-18)7-15(6-13)10-18/h2-4,12-15H,5-11H2,1H3,(H,19,20)/t12-,13?,14?,15?,18?/m0/s1. The molecule has 4 bridgehead atoms. The molecule has 4 saturated carbocycles. The molecule has 5 rings (SSSR count). The smallest absolute Gasteiger partial charge is 0.230 e. The van der Waals surface area contributed by atoms with Crippen molar-refractivity contribution in [2.24, 2.45) is 17.8 Å². The molecule has 4 aliphatic rings. The minimum absolute atomic E-state index is 0.0422. The topological polar surface area (TPSA) is 42.2 Å². The van der Waals surface area contributed by atoms with Gasteiger partial charge in [-0.3, -0.25) is 4.79 Å². The van der Waals surface area contributed by atoms with Gasteiger partial charge in [0.05, 0.1) is 18.1 Å². The van der Waals surface area contributed by atoms with Crippen molar-refractivity contribution >= 4 is 17.7 Å². The molecule has 22 heavy (non-hydrogen) atoms. The van der Waals surface area contributed by atoms with Crippen LogP contribution in [0.1, 0.15) is 57.3 Å². The van der Waals surface area contributed by atoms with Crippen LogP contribution in [0.25, 0.3) is 0 Å². The third-order valence-corrected chi connectivity index (χ3v) is 7.36. The minimum Gasteiger partial charge on any atom is -0.467 e. The number of nitrogens with one attached hydrogen (secondary N) is 1. The quantitative estimate of drug-likeness (QED) is 0.886. The maximum absolute atomic E-state index is 12.3. The van der Waals surface area contributed by atoms with E-state index in [9.17, 15) is 4.79 Å². The molecule has 1 aromatic rings. The summed E-state index contributed by atoms with van der Waals surface area (Å²) in [7, 11) is 0. The summed E-state index contributed by atoms with van der Waals surface area (Å²) in [6.07, 6.45) is 10.1. The Hall–Kier alpha value is -0.900. The van der Waals surface area contributed by atoms with E-state index in [2.05, 4.69) is 5.32 Å². The Morgan fingerprint density at radius 3 is 2.50 bits per heavy atom. The molecule has 0 unspecified atom stereocenters. The van der Waals surface area contributed by atoms with Gasteiger partial charge in [0.2, 0.25) is 5.91 Å². The van der Waals surface area contributed by atoms with Crippen molar-refractivity contribution in [3.8, 4) is 0 Å². The molecule has 3 nitrogen and oxygen atoms in total. The van der Waals surface area contributed by atoms with Crippen molar-refractivity contribution in [3.05, 3.63) is 24.2 Å². The van der Waals surface area contributed by atoms with Gasteiger partial charge in [0.15, 0.2) is 0 Å².